The van der Waals surface area contributed by atoms with Crippen LogP contribution in [0.4, 0.5) is 5.69 Å². The number of hydrogen-bond acceptors (Lipinski definition) is 2. The van der Waals surface area contributed by atoms with Gasteiger partial charge in [0.2, 0.25) is 0 Å². The van der Waals surface area contributed by atoms with E-state index in [9.17, 15) is 0 Å². The zero-order valence-electron chi connectivity index (χ0n) is 10.4. The third kappa shape index (κ3) is 1.83. The fourth-order valence-electron chi connectivity index (χ4n) is 2.58. The van der Waals surface area contributed by atoms with Gasteiger partial charge in [0.1, 0.15) is 5.82 Å². The van der Waals surface area contributed by atoms with Gasteiger partial charge < -0.3 is 4.98 Å². The summed E-state index contributed by atoms with van der Waals surface area (Å²) in [5, 5.41) is 0. The van der Waals surface area contributed by atoms with Gasteiger partial charge in [-0.05, 0) is 23.8 Å². The second kappa shape index (κ2) is 4.05. The molecule has 0 amide bonds. The molecule has 0 unspecified atom stereocenters. The first kappa shape index (κ1) is 10.5. The molecule has 0 radical (unpaired) electrons. The van der Waals surface area contributed by atoms with Crippen LogP contribution in [0.1, 0.15) is 11.4 Å². The molecule has 0 bridgehead atoms. The number of aromatic nitrogens is 2. The van der Waals surface area contributed by atoms with Gasteiger partial charge in [-0.15, -0.1) is 0 Å². The number of imidazole rings is 1. The number of rotatable bonds is 2. The monoisotopic (exact) mass is 247 g/mol. The first-order chi connectivity index (χ1) is 9.38. The lowest BCUT2D eigenvalue weighted by molar-refractivity contribution is 1.09. The van der Waals surface area contributed by atoms with E-state index in [2.05, 4.69) is 39.2 Å². The molecule has 1 N–H and O–H groups in total. The number of hydrogen-bond donors (Lipinski definition) is 1. The van der Waals surface area contributed by atoms with Gasteiger partial charge in [-0.3, -0.25) is 4.99 Å². The van der Waals surface area contributed by atoms with Crippen molar-refractivity contribution >= 4 is 22.4 Å². The molecular weight excluding hydrogens is 234 g/mol. The summed E-state index contributed by atoms with van der Waals surface area (Å²) in [5.41, 5.74) is 5.71. The molecule has 1 aliphatic rings. The number of aromatic amines is 1. The molecule has 0 saturated heterocycles. The Morgan fingerprint density at radius 2 is 1.84 bits per heavy atom. The Kier molecular flexibility index (Phi) is 2.24. The predicted octanol–water partition coefficient (Wildman–Crippen LogP) is 3.43. The fraction of sp³-hybridized carbons (Fsp3) is 0.125. The van der Waals surface area contributed by atoms with Gasteiger partial charge in [0.05, 0.1) is 16.7 Å². The van der Waals surface area contributed by atoms with Crippen LogP contribution in [-0.2, 0) is 12.8 Å². The highest BCUT2D eigenvalue weighted by Crippen LogP contribution is 2.26. The van der Waals surface area contributed by atoms with Gasteiger partial charge in [-0.1, -0.05) is 30.3 Å². The number of H-pyrrole nitrogens is 1. The fourth-order valence-corrected chi connectivity index (χ4v) is 2.58. The van der Waals surface area contributed by atoms with E-state index in [1.54, 1.807) is 0 Å². The highest BCUT2D eigenvalue weighted by Gasteiger charge is 2.15. The number of para-hydroxylation sites is 3. The molecule has 1 aromatic heterocycles. The normalized spacial score (nSPS) is 13.6. The Morgan fingerprint density at radius 1 is 1.00 bits per heavy atom. The SMILES string of the molecule is c1ccc2c(c1)CC(Cc1nc3ccccc3[nH]1)=N2. The van der Waals surface area contributed by atoms with Crippen molar-refractivity contribution in [2.45, 2.75) is 12.8 Å². The molecule has 1 aliphatic heterocycles. The zero-order valence-corrected chi connectivity index (χ0v) is 10.4. The van der Waals surface area contributed by atoms with Gasteiger partial charge in [0, 0.05) is 18.6 Å². The molecule has 4 rings (SSSR count). The van der Waals surface area contributed by atoms with Crippen LogP contribution in [0.15, 0.2) is 53.5 Å². The molecule has 92 valence electrons. The lowest BCUT2D eigenvalue weighted by Gasteiger charge is -1.95. The van der Waals surface area contributed by atoms with E-state index in [0.717, 1.165) is 35.4 Å². The second-order valence-corrected chi connectivity index (χ2v) is 4.86. The smallest absolute Gasteiger partial charge is 0.112 e. The standard InChI is InChI=1S/C16H13N3/c1-2-6-13-11(5-1)9-12(17-13)10-16-18-14-7-3-4-8-15(14)19-16/h1-8H,9-10H2,(H,18,19). The topological polar surface area (TPSA) is 41.0 Å². The Labute approximate surface area is 111 Å². The number of benzene rings is 2. The molecule has 0 fully saturated rings. The Morgan fingerprint density at radius 3 is 2.74 bits per heavy atom. The first-order valence-electron chi connectivity index (χ1n) is 6.46. The van der Waals surface area contributed by atoms with Crippen LogP contribution in [0.5, 0.6) is 0 Å². The van der Waals surface area contributed by atoms with E-state index in [-0.39, 0.29) is 0 Å². The summed E-state index contributed by atoms with van der Waals surface area (Å²) in [6.07, 6.45) is 1.73. The summed E-state index contributed by atoms with van der Waals surface area (Å²) in [4.78, 5) is 12.6. The summed E-state index contributed by atoms with van der Waals surface area (Å²) < 4.78 is 0. The highest BCUT2D eigenvalue weighted by atomic mass is 14.9. The van der Waals surface area contributed by atoms with E-state index in [0.29, 0.717) is 0 Å². The second-order valence-electron chi connectivity index (χ2n) is 4.86. The summed E-state index contributed by atoms with van der Waals surface area (Å²) >= 11 is 0. The van der Waals surface area contributed by atoms with Crippen molar-refractivity contribution in [2.24, 2.45) is 4.99 Å². The van der Waals surface area contributed by atoms with Gasteiger partial charge in [-0.25, -0.2) is 4.98 Å². The van der Waals surface area contributed by atoms with E-state index in [1.165, 1.54) is 11.3 Å². The Bertz CT molecular complexity index is 750. The molecule has 2 heterocycles. The maximum Gasteiger partial charge on any atom is 0.112 e. The van der Waals surface area contributed by atoms with Crippen LogP contribution < -0.4 is 0 Å². The van der Waals surface area contributed by atoms with Crippen molar-refractivity contribution in [1.29, 1.82) is 0 Å². The molecule has 0 atom stereocenters. The molecule has 3 heteroatoms. The van der Waals surface area contributed by atoms with Crippen LogP contribution in [0.25, 0.3) is 11.0 Å². The van der Waals surface area contributed by atoms with Crippen molar-refractivity contribution in [3.05, 3.63) is 59.9 Å². The largest absolute Gasteiger partial charge is 0.342 e. The summed E-state index contributed by atoms with van der Waals surface area (Å²) in [5.74, 6) is 0.993. The van der Waals surface area contributed by atoms with Crippen molar-refractivity contribution < 1.29 is 0 Å². The van der Waals surface area contributed by atoms with Crippen molar-refractivity contribution in [3.63, 3.8) is 0 Å². The van der Waals surface area contributed by atoms with Gasteiger partial charge in [0.15, 0.2) is 0 Å². The lowest BCUT2D eigenvalue weighted by Crippen LogP contribution is -2.04. The van der Waals surface area contributed by atoms with Crippen LogP contribution >= 0.6 is 0 Å². The Hall–Kier alpha value is -2.42. The van der Waals surface area contributed by atoms with Crippen LogP contribution in [0, 0.1) is 0 Å². The molecule has 0 aliphatic carbocycles. The minimum atomic E-state index is 0.795. The van der Waals surface area contributed by atoms with Crippen molar-refractivity contribution in [1.82, 2.24) is 9.97 Å². The van der Waals surface area contributed by atoms with Crippen molar-refractivity contribution in [2.75, 3.05) is 0 Å². The average molecular weight is 247 g/mol. The number of nitrogens with zero attached hydrogens (tertiary/aromatic N) is 2. The number of fused-ring (bicyclic) bond motifs is 2. The number of aliphatic imine (C=N–C) groups is 1. The minimum absolute atomic E-state index is 0.795. The average Bonchev–Trinajstić information content (AvgIpc) is 3.00. The van der Waals surface area contributed by atoms with E-state index >= 15 is 0 Å². The van der Waals surface area contributed by atoms with E-state index < -0.39 is 0 Å². The van der Waals surface area contributed by atoms with Gasteiger partial charge in [-0.2, -0.15) is 0 Å². The molecule has 3 nitrogen and oxygen atoms in total. The number of nitrogens with one attached hydrogen (secondary N) is 1. The maximum absolute atomic E-state index is 4.67. The Balaban J connectivity index is 1.63. The van der Waals surface area contributed by atoms with Crippen LogP contribution in [0.2, 0.25) is 0 Å². The third-order valence-corrected chi connectivity index (χ3v) is 3.47. The van der Waals surface area contributed by atoms with E-state index in [4.69, 9.17) is 0 Å². The predicted molar refractivity (Wildman–Crippen MR) is 77.0 cm³/mol. The van der Waals surface area contributed by atoms with Gasteiger partial charge >= 0.3 is 0 Å². The van der Waals surface area contributed by atoms with E-state index in [1.807, 2.05) is 24.3 Å². The minimum Gasteiger partial charge on any atom is -0.342 e. The van der Waals surface area contributed by atoms with Crippen molar-refractivity contribution in [3.8, 4) is 0 Å². The van der Waals surface area contributed by atoms with Crippen LogP contribution in [0.3, 0.4) is 0 Å². The van der Waals surface area contributed by atoms with Gasteiger partial charge in [0.25, 0.3) is 0 Å². The molecule has 0 spiro atoms. The maximum atomic E-state index is 4.67. The first-order valence-corrected chi connectivity index (χ1v) is 6.46. The summed E-state index contributed by atoms with van der Waals surface area (Å²) in [6.45, 7) is 0. The molecule has 3 aromatic rings. The quantitative estimate of drug-likeness (QED) is 0.740. The zero-order chi connectivity index (χ0) is 12.7. The third-order valence-electron chi connectivity index (χ3n) is 3.47. The molecule has 19 heavy (non-hydrogen) atoms. The molecule has 0 saturated carbocycles. The summed E-state index contributed by atoms with van der Waals surface area (Å²) in [7, 11) is 0. The summed E-state index contributed by atoms with van der Waals surface area (Å²) in [6, 6.07) is 16.4. The lowest BCUT2D eigenvalue weighted by atomic mass is 10.1. The highest BCUT2D eigenvalue weighted by molar-refractivity contribution is 5.95. The molecular formula is C16H13N3. The van der Waals surface area contributed by atoms with Crippen LogP contribution in [-0.4, -0.2) is 15.7 Å². The molecule has 2 aromatic carbocycles.